The van der Waals surface area contributed by atoms with Gasteiger partial charge in [-0.05, 0) is 31.6 Å². The molecule has 0 aromatic carbocycles. The Morgan fingerprint density at radius 2 is 1.73 bits per heavy atom. The molecule has 2 aliphatic heterocycles. The lowest BCUT2D eigenvalue weighted by Gasteiger charge is -2.35. The van der Waals surface area contributed by atoms with Crippen LogP contribution in [0.1, 0.15) is 72.6 Å². The molecule has 0 aromatic rings. The maximum absolute atomic E-state index is 10.9. The Labute approximate surface area is 157 Å². The molecule has 2 heterocycles. The van der Waals surface area contributed by atoms with E-state index in [2.05, 4.69) is 6.92 Å². The van der Waals surface area contributed by atoms with Crippen LogP contribution in [0.15, 0.2) is 0 Å². The Morgan fingerprint density at radius 1 is 1.12 bits per heavy atom. The fraction of sp³-hybridized carbons (Fsp3) is 0.950. The van der Waals surface area contributed by atoms with Crippen LogP contribution in [0.25, 0.3) is 0 Å². The molecule has 1 aliphatic carbocycles. The topological polar surface area (TPSA) is 66.5 Å². The van der Waals surface area contributed by atoms with E-state index in [0.29, 0.717) is 19.8 Å². The fourth-order valence-corrected chi connectivity index (χ4v) is 3.73. The van der Waals surface area contributed by atoms with E-state index in [1.54, 1.807) is 0 Å². The number of hydrogen-bond donors (Lipinski definition) is 0. The number of rotatable bonds is 7. The first kappa shape index (κ1) is 21.6. The van der Waals surface area contributed by atoms with Gasteiger partial charge in [0.15, 0.2) is 5.79 Å². The van der Waals surface area contributed by atoms with E-state index in [-0.39, 0.29) is 12.0 Å². The summed E-state index contributed by atoms with van der Waals surface area (Å²) in [5.41, 5.74) is 0. The predicted molar refractivity (Wildman–Crippen MR) is 97.3 cm³/mol. The lowest BCUT2D eigenvalue weighted by Crippen LogP contribution is -2.44. The lowest BCUT2D eigenvalue weighted by molar-refractivity contribution is -0.323. The minimum atomic E-state index is -0.899. The van der Waals surface area contributed by atoms with Crippen molar-refractivity contribution in [3.63, 3.8) is 0 Å². The van der Waals surface area contributed by atoms with Crippen molar-refractivity contribution in [3.8, 4) is 0 Å². The van der Waals surface area contributed by atoms with Crippen LogP contribution in [0.4, 0.5) is 0 Å². The van der Waals surface area contributed by atoms with Gasteiger partial charge in [-0.3, -0.25) is 4.79 Å². The second-order valence-electron chi connectivity index (χ2n) is 7.27. The zero-order valence-electron chi connectivity index (χ0n) is 16.8. The second kappa shape index (κ2) is 10.6. The minimum absolute atomic E-state index is 0.0297. The van der Waals surface area contributed by atoms with Gasteiger partial charge in [-0.2, -0.15) is 0 Å². The van der Waals surface area contributed by atoms with Crippen molar-refractivity contribution in [2.75, 3.05) is 19.8 Å². The first-order chi connectivity index (χ1) is 12.6. The summed E-state index contributed by atoms with van der Waals surface area (Å²) in [7, 11) is 0. The average molecular weight is 373 g/mol. The third-order valence-corrected chi connectivity index (χ3v) is 5.31. The maximum atomic E-state index is 10.9. The van der Waals surface area contributed by atoms with Gasteiger partial charge in [-0.1, -0.05) is 40.0 Å². The highest BCUT2D eigenvalue weighted by atomic mass is 16.9. The molecule has 3 rings (SSSR count). The van der Waals surface area contributed by atoms with Crippen LogP contribution >= 0.6 is 0 Å². The van der Waals surface area contributed by atoms with Crippen LogP contribution in [0.2, 0.25) is 0 Å². The summed E-state index contributed by atoms with van der Waals surface area (Å²) in [5.74, 6) is -0.0667. The van der Waals surface area contributed by atoms with E-state index in [4.69, 9.17) is 23.7 Å². The summed E-state index contributed by atoms with van der Waals surface area (Å²) in [6.45, 7) is 8.13. The average Bonchev–Trinajstić information content (AvgIpc) is 3.43. The number of carbonyl (C=O) groups is 1. The van der Waals surface area contributed by atoms with E-state index >= 15 is 0 Å². The molecule has 0 radical (unpaired) electrons. The molecule has 2 saturated heterocycles. The maximum Gasteiger partial charge on any atom is 0.318 e. The number of ether oxygens (including phenoxy) is 5. The van der Waals surface area contributed by atoms with Crippen LogP contribution in [0, 0.1) is 11.8 Å². The zero-order chi connectivity index (χ0) is 19.0. The zero-order valence-corrected chi connectivity index (χ0v) is 16.8. The van der Waals surface area contributed by atoms with Crippen LogP contribution in [-0.2, 0) is 28.5 Å². The SMILES string of the molecule is CC.CCCCC1CCC(OC2(C3COC(OC(C)=O)OC3)CO2)CC1. The highest BCUT2D eigenvalue weighted by Gasteiger charge is 2.56. The van der Waals surface area contributed by atoms with Gasteiger partial charge in [0, 0.05) is 6.92 Å². The molecule has 0 N–H and O–H groups in total. The largest absolute Gasteiger partial charge is 0.410 e. The van der Waals surface area contributed by atoms with Gasteiger partial charge in [0.1, 0.15) is 6.61 Å². The molecule has 1 atom stereocenters. The van der Waals surface area contributed by atoms with Crippen molar-refractivity contribution in [1.29, 1.82) is 0 Å². The molecular formula is C20H36O6. The molecule has 0 spiro atoms. The molecule has 0 aromatic heterocycles. The molecule has 0 amide bonds. The van der Waals surface area contributed by atoms with Gasteiger partial charge in [0.25, 0.3) is 0 Å². The van der Waals surface area contributed by atoms with E-state index in [1.807, 2.05) is 13.8 Å². The van der Waals surface area contributed by atoms with Crippen LogP contribution < -0.4 is 0 Å². The number of unbranched alkanes of at least 4 members (excludes halogenated alkanes) is 1. The molecular weight excluding hydrogens is 336 g/mol. The molecule has 1 unspecified atom stereocenters. The van der Waals surface area contributed by atoms with Gasteiger partial charge < -0.3 is 23.7 Å². The first-order valence-electron chi connectivity index (χ1n) is 10.3. The summed E-state index contributed by atoms with van der Waals surface area (Å²) >= 11 is 0. The van der Waals surface area contributed by atoms with Crippen molar-refractivity contribution in [1.82, 2.24) is 0 Å². The molecule has 3 aliphatic rings. The van der Waals surface area contributed by atoms with Gasteiger partial charge in [0.2, 0.25) is 0 Å². The molecule has 1 saturated carbocycles. The molecule has 26 heavy (non-hydrogen) atoms. The van der Waals surface area contributed by atoms with Gasteiger partial charge >= 0.3 is 12.4 Å². The first-order valence-corrected chi connectivity index (χ1v) is 10.3. The van der Waals surface area contributed by atoms with E-state index in [0.717, 1.165) is 18.8 Å². The monoisotopic (exact) mass is 372 g/mol. The third kappa shape index (κ3) is 6.19. The van der Waals surface area contributed by atoms with Crippen LogP contribution in [0.5, 0.6) is 0 Å². The van der Waals surface area contributed by atoms with E-state index < -0.39 is 18.2 Å². The minimum Gasteiger partial charge on any atom is -0.410 e. The van der Waals surface area contributed by atoms with Crippen molar-refractivity contribution in [2.45, 2.75) is 91.0 Å². The quantitative estimate of drug-likeness (QED) is 0.497. The van der Waals surface area contributed by atoms with Gasteiger partial charge in [-0.15, -0.1) is 0 Å². The summed E-state index contributed by atoms with van der Waals surface area (Å²) < 4.78 is 27.8. The number of carbonyl (C=O) groups excluding carboxylic acids is 1. The van der Waals surface area contributed by atoms with E-state index in [1.165, 1.54) is 39.0 Å². The van der Waals surface area contributed by atoms with Crippen LogP contribution in [-0.4, -0.2) is 44.2 Å². The number of epoxide rings is 1. The van der Waals surface area contributed by atoms with Gasteiger partial charge in [-0.25, -0.2) is 0 Å². The number of esters is 1. The Morgan fingerprint density at radius 3 is 2.23 bits per heavy atom. The Hall–Kier alpha value is -0.690. The van der Waals surface area contributed by atoms with Gasteiger partial charge in [0.05, 0.1) is 25.2 Å². The fourth-order valence-electron chi connectivity index (χ4n) is 3.73. The standard InChI is InChI=1S/C18H30O6.C2H6/c1-3-4-5-14-6-8-16(9-7-14)24-18(12-22-18)15-10-20-17(21-11-15)23-13(2)19;1-2/h14-17H,3-12H2,1-2H3;1-2H3. The molecule has 152 valence electrons. The Bertz CT molecular complexity index is 407. The molecule has 3 fully saturated rings. The summed E-state index contributed by atoms with van der Waals surface area (Å²) in [6.07, 6.45) is 8.99. The van der Waals surface area contributed by atoms with Crippen LogP contribution in [0.3, 0.4) is 0 Å². The molecule has 6 heteroatoms. The number of hydrogen-bond acceptors (Lipinski definition) is 6. The normalized spacial score (nSPS) is 36.6. The van der Waals surface area contributed by atoms with Crippen molar-refractivity contribution < 1.29 is 28.5 Å². The Balaban J connectivity index is 0.00000117. The summed E-state index contributed by atoms with van der Waals surface area (Å²) in [6, 6.07) is 0. The van der Waals surface area contributed by atoms with E-state index in [9.17, 15) is 4.79 Å². The predicted octanol–water partition coefficient (Wildman–Crippen LogP) is 4.01. The lowest BCUT2D eigenvalue weighted by atomic mass is 9.84. The summed E-state index contributed by atoms with van der Waals surface area (Å²) in [4.78, 5) is 10.9. The summed E-state index contributed by atoms with van der Waals surface area (Å²) in [5, 5.41) is 0. The smallest absolute Gasteiger partial charge is 0.318 e. The molecule has 6 nitrogen and oxygen atoms in total. The second-order valence-corrected chi connectivity index (χ2v) is 7.27. The van der Waals surface area contributed by atoms with Crippen molar-refractivity contribution in [3.05, 3.63) is 0 Å². The van der Waals surface area contributed by atoms with Crippen molar-refractivity contribution >= 4 is 5.97 Å². The Kier molecular flexibility index (Phi) is 8.80. The third-order valence-electron chi connectivity index (χ3n) is 5.31. The highest BCUT2D eigenvalue weighted by Crippen LogP contribution is 2.42. The van der Waals surface area contributed by atoms with Crippen molar-refractivity contribution in [2.24, 2.45) is 11.8 Å². The molecule has 0 bridgehead atoms. The highest BCUT2D eigenvalue weighted by molar-refractivity contribution is 5.65.